The SMILES string of the molecule is CONC(=O)N(c1ccc(N)c(S(=O)(=O)O)c1)c1cc(OC)c(N)c(S(=O)(=O)O)c1. The number of nitrogens with two attached hydrogens (primary N) is 2. The molecule has 0 aliphatic heterocycles. The van der Waals surface area contributed by atoms with Crippen LogP contribution in [0.2, 0.25) is 0 Å². The fourth-order valence-electron chi connectivity index (χ4n) is 2.50. The molecule has 0 unspecified atom stereocenters. The van der Waals surface area contributed by atoms with Crippen molar-refractivity contribution in [2.24, 2.45) is 0 Å². The number of hydroxylamine groups is 1. The fraction of sp³-hybridized carbons (Fsp3) is 0.133. The van der Waals surface area contributed by atoms with Crippen LogP contribution in [0.25, 0.3) is 0 Å². The molecule has 15 heteroatoms. The molecule has 0 aromatic heterocycles. The summed E-state index contributed by atoms with van der Waals surface area (Å²) in [6.45, 7) is 0. The van der Waals surface area contributed by atoms with Gasteiger partial charge in [0.05, 0.1) is 37.0 Å². The molecule has 0 atom stereocenters. The zero-order valence-corrected chi connectivity index (χ0v) is 17.2. The smallest absolute Gasteiger partial charge is 0.350 e. The van der Waals surface area contributed by atoms with Crippen LogP contribution in [0.15, 0.2) is 40.1 Å². The molecule has 164 valence electrons. The third kappa shape index (κ3) is 4.71. The Balaban J connectivity index is 2.85. The van der Waals surface area contributed by atoms with Gasteiger partial charge in [0.2, 0.25) is 0 Å². The van der Waals surface area contributed by atoms with Crippen molar-refractivity contribution in [1.29, 1.82) is 0 Å². The fourth-order valence-corrected chi connectivity index (χ4v) is 3.78. The molecule has 2 aromatic carbocycles. The average molecular weight is 462 g/mol. The van der Waals surface area contributed by atoms with E-state index in [9.17, 15) is 30.7 Å². The maximum atomic E-state index is 12.6. The minimum Gasteiger partial charge on any atom is -0.494 e. The molecule has 30 heavy (non-hydrogen) atoms. The Bertz CT molecular complexity index is 1200. The summed E-state index contributed by atoms with van der Waals surface area (Å²) in [7, 11) is -7.30. The molecule has 0 aliphatic rings. The van der Waals surface area contributed by atoms with Crippen LogP contribution in [0.4, 0.5) is 27.5 Å². The summed E-state index contributed by atoms with van der Waals surface area (Å²) in [4.78, 5) is 16.5. The van der Waals surface area contributed by atoms with Crippen LogP contribution in [0.1, 0.15) is 0 Å². The van der Waals surface area contributed by atoms with Crippen LogP contribution < -0.4 is 26.6 Å². The van der Waals surface area contributed by atoms with Gasteiger partial charge < -0.3 is 16.2 Å². The topological polar surface area (TPSA) is 212 Å². The summed E-state index contributed by atoms with van der Waals surface area (Å²) in [5.41, 5.74) is 12.1. The minimum absolute atomic E-state index is 0.167. The molecular weight excluding hydrogens is 444 g/mol. The number of carbonyl (C=O) groups excluding carboxylic acids is 1. The van der Waals surface area contributed by atoms with Crippen molar-refractivity contribution in [2.75, 3.05) is 30.6 Å². The summed E-state index contributed by atoms with van der Waals surface area (Å²) in [6.07, 6.45) is 0. The van der Waals surface area contributed by atoms with E-state index in [0.717, 1.165) is 36.3 Å². The predicted molar refractivity (Wildman–Crippen MR) is 106 cm³/mol. The van der Waals surface area contributed by atoms with Crippen LogP contribution in [0.3, 0.4) is 0 Å². The number of ether oxygens (including phenoxy) is 1. The summed E-state index contributed by atoms with van der Waals surface area (Å²) >= 11 is 0. The van der Waals surface area contributed by atoms with Gasteiger partial charge in [0.1, 0.15) is 15.5 Å². The Morgan fingerprint density at radius 2 is 1.53 bits per heavy atom. The molecule has 2 aromatic rings. The second-order valence-electron chi connectivity index (χ2n) is 5.68. The number of amides is 2. The highest BCUT2D eigenvalue weighted by atomic mass is 32.2. The first-order valence-electron chi connectivity index (χ1n) is 7.76. The molecule has 0 radical (unpaired) electrons. The van der Waals surface area contributed by atoms with E-state index in [1.807, 2.05) is 5.48 Å². The maximum Gasteiger partial charge on any atom is 0.350 e. The van der Waals surface area contributed by atoms with Gasteiger partial charge in [0, 0.05) is 6.07 Å². The molecule has 13 nitrogen and oxygen atoms in total. The lowest BCUT2D eigenvalue weighted by molar-refractivity contribution is 0.112. The first kappa shape index (κ1) is 23.2. The molecule has 0 heterocycles. The third-order valence-electron chi connectivity index (χ3n) is 3.77. The van der Waals surface area contributed by atoms with E-state index in [0.29, 0.717) is 0 Å². The molecular formula is C15H18N4O9S2. The largest absolute Gasteiger partial charge is 0.494 e. The van der Waals surface area contributed by atoms with Gasteiger partial charge in [-0.25, -0.2) is 10.3 Å². The van der Waals surface area contributed by atoms with E-state index in [-0.39, 0.29) is 22.8 Å². The normalized spacial score (nSPS) is 11.7. The van der Waals surface area contributed by atoms with E-state index in [1.54, 1.807) is 0 Å². The standard InChI is InChI=1S/C15H18N4O9S2/c1-27-11-5-9(7-13(14(11)17)30(24,25)26)19(15(20)18-28-2)8-3-4-10(16)12(6-8)29(21,22)23/h3-7H,16-17H2,1-2H3,(H,18,20)(H,21,22,23)(H,24,25,26). The first-order valence-corrected chi connectivity index (χ1v) is 10.6. The van der Waals surface area contributed by atoms with Gasteiger partial charge in [0.15, 0.2) is 0 Å². The molecule has 0 aliphatic carbocycles. The number of methoxy groups -OCH3 is 1. The zero-order chi connectivity index (χ0) is 22.9. The van der Waals surface area contributed by atoms with Crippen LogP contribution in [0.5, 0.6) is 5.75 Å². The molecule has 2 amide bonds. The Kier molecular flexibility index (Phi) is 6.43. The van der Waals surface area contributed by atoms with Crippen molar-refractivity contribution in [3.8, 4) is 5.75 Å². The summed E-state index contributed by atoms with van der Waals surface area (Å²) in [6, 6.07) is 4.19. The van der Waals surface area contributed by atoms with Crippen LogP contribution in [-0.2, 0) is 25.1 Å². The summed E-state index contributed by atoms with van der Waals surface area (Å²) in [5.74, 6) is -0.208. The van der Waals surface area contributed by atoms with Gasteiger partial charge in [0.25, 0.3) is 20.2 Å². The van der Waals surface area contributed by atoms with Crippen LogP contribution >= 0.6 is 0 Å². The van der Waals surface area contributed by atoms with Crippen molar-refractivity contribution in [1.82, 2.24) is 5.48 Å². The highest BCUT2D eigenvalue weighted by Gasteiger charge is 2.26. The van der Waals surface area contributed by atoms with Gasteiger partial charge in [-0.2, -0.15) is 16.8 Å². The number of hydrogen-bond donors (Lipinski definition) is 5. The number of anilines is 4. The minimum atomic E-state index is -4.83. The van der Waals surface area contributed by atoms with E-state index in [1.165, 1.54) is 13.2 Å². The Hall–Kier alpha value is -3.11. The highest BCUT2D eigenvalue weighted by Crippen LogP contribution is 2.38. The van der Waals surface area contributed by atoms with E-state index < -0.39 is 41.7 Å². The van der Waals surface area contributed by atoms with E-state index in [4.69, 9.17) is 16.2 Å². The van der Waals surface area contributed by atoms with Crippen molar-refractivity contribution >= 4 is 49.0 Å². The Morgan fingerprint density at radius 3 is 2.03 bits per heavy atom. The number of nitrogen functional groups attached to an aromatic ring is 2. The number of nitrogens with zero attached hydrogens (tertiary/aromatic N) is 1. The molecule has 0 bridgehead atoms. The van der Waals surface area contributed by atoms with Gasteiger partial charge in [-0.1, -0.05) is 0 Å². The van der Waals surface area contributed by atoms with Crippen molar-refractivity contribution < 1.29 is 40.3 Å². The maximum absolute atomic E-state index is 12.6. The Labute approximate surface area is 171 Å². The lowest BCUT2D eigenvalue weighted by Crippen LogP contribution is -2.36. The molecule has 0 fully saturated rings. The number of urea groups is 1. The van der Waals surface area contributed by atoms with Crippen molar-refractivity contribution in [3.63, 3.8) is 0 Å². The predicted octanol–water partition coefficient (Wildman–Crippen LogP) is 0.762. The zero-order valence-electron chi connectivity index (χ0n) is 15.6. The monoisotopic (exact) mass is 462 g/mol. The number of rotatable bonds is 6. The van der Waals surface area contributed by atoms with Gasteiger partial charge in [-0.3, -0.25) is 18.8 Å². The lowest BCUT2D eigenvalue weighted by Gasteiger charge is -2.25. The molecule has 0 saturated carbocycles. The Morgan fingerprint density at radius 1 is 0.967 bits per heavy atom. The molecule has 2 rings (SSSR count). The summed E-state index contributed by atoms with van der Waals surface area (Å²) in [5, 5.41) is 0. The number of carbonyl (C=O) groups is 1. The third-order valence-corrected chi connectivity index (χ3v) is 5.57. The van der Waals surface area contributed by atoms with Crippen LogP contribution in [-0.4, -0.2) is 46.2 Å². The average Bonchev–Trinajstić information content (AvgIpc) is 2.62. The van der Waals surface area contributed by atoms with Gasteiger partial charge in [-0.15, -0.1) is 0 Å². The highest BCUT2D eigenvalue weighted by molar-refractivity contribution is 7.86. The first-order chi connectivity index (χ1) is 13.8. The second-order valence-corrected chi connectivity index (χ2v) is 8.46. The number of nitrogens with one attached hydrogen (secondary N) is 1. The van der Waals surface area contributed by atoms with Gasteiger partial charge in [-0.05, 0) is 24.3 Å². The number of benzene rings is 2. The van der Waals surface area contributed by atoms with Gasteiger partial charge >= 0.3 is 6.03 Å². The molecule has 0 saturated heterocycles. The van der Waals surface area contributed by atoms with E-state index in [2.05, 4.69) is 4.84 Å². The quantitative estimate of drug-likeness (QED) is 0.230. The van der Waals surface area contributed by atoms with Crippen molar-refractivity contribution in [2.45, 2.75) is 9.79 Å². The summed E-state index contributed by atoms with van der Waals surface area (Å²) < 4.78 is 70.4. The lowest BCUT2D eigenvalue weighted by atomic mass is 10.2. The molecule has 7 N–H and O–H groups in total. The molecule has 0 spiro atoms. The van der Waals surface area contributed by atoms with E-state index >= 15 is 0 Å². The second kappa shape index (κ2) is 8.33. The van der Waals surface area contributed by atoms with Crippen molar-refractivity contribution in [3.05, 3.63) is 30.3 Å². The number of hydrogen-bond acceptors (Lipinski definition) is 9. The van der Waals surface area contributed by atoms with Crippen LogP contribution in [0, 0.1) is 0 Å².